The van der Waals surface area contributed by atoms with E-state index in [1.54, 1.807) is 30.3 Å². The van der Waals surface area contributed by atoms with Gasteiger partial charge in [0.2, 0.25) is 15.9 Å². The summed E-state index contributed by atoms with van der Waals surface area (Å²) in [6.45, 7) is 0.738. The van der Waals surface area contributed by atoms with Gasteiger partial charge in [0, 0.05) is 29.2 Å². The second kappa shape index (κ2) is 9.54. The van der Waals surface area contributed by atoms with E-state index in [9.17, 15) is 13.2 Å². The molecule has 1 saturated heterocycles. The van der Waals surface area contributed by atoms with E-state index in [4.69, 9.17) is 0 Å². The smallest absolute Gasteiger partial charge is 0.243 e. The minimum absolute atomic E-state index is 0.00812. The molecule has 1 aliphatic heterocycles. The number of hydrogen-bond acceptors (Lipinski definition) is 4. The maximum Gasteiger partial charge on any atom is 0.243 e. The molecule has 1 N–H and O–H groups in total. The lowest BCUT2D eigenvalue weighted by atomic mass is 9.97. The monoisotopic (exact) mass is 444 g/mol. The second-order valence-corrected chi connectivity index (χ2v) is 11.3. The Morgan fingerprint density at radius 1 is 0.900 bits per heavy atom. The van der Waals surface area contributed by atoms with Crippen LogP contribution < -0.4 is 5.32 Å². The molecule has 0 bridgehead atoms. The molecule has 1 saturated carbocycles. The summed E-state index contributed by atoms with van der Waals surface area (Å²) in [5.41, 5.74) is 0.874. The first-order valence-electron chi connectivity index (χ1n) is 10.7. The van der Waals surface area contributed by atoms with Crippen molar-refractivity contribution in [2.24, 2.45) is 5.92 Å². The molecule has 0 radical (unpaired) electrons. The third-order valence-corrected chi connectivity index (χ3v) is 9.27. The molecule has 0 spiro atoms. The van der Waals surface area contributed by atoms with E-state index >= 15 is 0 Å². The van der Waals surface area contributed by atoms with Gasteiger partial charge in [-0.25, -0.2) is 8.42 Å². The van der Waals surface area contributed by atoms with Gasteiger partial charge in [-0.15, -0.1) is 11.8 Å². The van der Waals surface area contributed by atoms with Crippen LogP contribution in [-0.2, 0) is 14.8 Å². The Balaban J connectivity index is 1.36. The summed E-state index contributed by atoms with van der Waals surface area (Å²) in [6, 6.07) is 16.5. The fraction of sp³-hybridized carbons (Fsp3) is 0.435. The number of amides is 1. The number of hydrogen-bond donors (Lipinski definition) is 1. The normalized spacial score (nSPS) is 19.1. The lowest BCUT2D eigenvalue weighted by Gasteiger charge is -2.30. The van der Waals surface area contributed by atoms with Crippen LogP contribution in [0.15, 0.2) is 64.4 Å². The predicted molar refractivity (Wildman–Crippen MR) is 121 cm³/mol. The molecule has 0 unspecified atom stereocenters. The molecule has 1 heterocycles. The summed E-state index contributed by atoms with van der Waals surface area (Å²) in [6.07, 6.45) is 6.13. The number of nitrogens with zero attached hydrogens (tertiary/aromatic N) is 1. The summed E-state index contributed by atoms with van der Waals surface area (Å²) >= 11 is 1.87. The van der Waals surface area contributed by atoms with Crippen LogP contribution in [0.5, 0.6) is 0 Å². The first-order valence-corrected chi connectivity index (χ1v) is 13.0. The van der Waals surface area contributed by atoms with Gasteiger partial charge < -0.3 is 5.32 Å². The number of thioether (sulfide) groups is 1. The molecule has 7 heteroatoms. The molecule has 2 aromatic rings. The van der Waals surface area contributed by atoms with Crippen molar-refractivity contribution in [3.8, 4) is 0 Å². The Bertz CT molecular complexity index is 965. The number of sulfonamides is 1. The van der Waals surface area contributed by atoms with E-state index in [-0.39, 0.29) is 11.8 Å². The van der Waals surface area contributed by atoms with Crippen LogP contribution in [0.4, 0.5) is 5.69 Å². The zero-order valence-corrected chi connectivity index (χ0v) is 18.6. The Morgan fingerprint density at radius 2 is 1.53 bits per heavy atom. The molecule has 2 fully saturated rings. The number of carbonyl (C=O) groups is 1. The molecular weight excluding hydrogens is 416 g/mol. The SMILES string of the molecule is O=C(Nc1ccccc1SC1CCCC1)C1CCN(S(=O)(=O)c2ccccc2)CC1. The second-order valence-electron chi connectivity index (χ2n) is 8.00. The molecule has 0 atom stereocenters. The minimum Gasteiger partial charge on any atom is -0.325 e. The van der Waals surface area contributed by atoms with Crippen molar-refractivity contribution >= 4 is 33.4 Å². The summed E-state index contributed by atoms with van der Waals surface area (Å²) in [4.78, 5) is 14.3. The molecule has 160 valence electrons. The zero-order chi connectivity index (χ0) is 21.0. The molecular formula is C23H28N2O3S2. The lowest BCUT2D eigenvalue weighted by Crippen LogP contribution is -2.41. The maximum atomic E-state index is 12.9. The number of benzene rings is 2. The number of piperidine rings is 1. The van der Waals surface area contributed by atoms with Crippen LogP contribution in [0.25, 0.3) is 0 Å². The third-order valence-electron chi connectivity index (χ3n) is 5.95. The minimum atomic E-state index is -3.49. The van der Waals surface area contributed by atoms with E-state index in [2.05, 4.69) is 11.4 Å². The van der Waals surface area contributed by atoms with Crippen LogP contribution in [0.1, 0.15) is 38.5 Å². The molecule has 0 aromatic heterocycles. The van der Waals surface area contributed by atoms with E-state index in [0.29, 0.717) is 36.1 Å². The number of nitrogens with one attached hydrogen (secondary N) is 1. The molecule has 30 heavy (non-hydrogen) atoms. The maximum absolute atomic E-state index is 12.9. The first-order chi connectivity index (χ1) is 14.5. The van der Waals surface area contributed by atoms with E-state index < -0.39 is 10.0 Å². The van der Waals surface area contributed by atoms with Crippen LogP contribution in [0.2, 0.25) is 0 Å². The van der Waals surface area contributed by atoms with Crippen LogP contribution in [0, 0.1) is 5.92 Å². The van der Waals surface area contributed by atoms with Crippen molar-refractivity contribution in [1.82, 2.24) is 4.31 Å². The Labute approximate surface area is 183 Å². The molecule has 5 nitrogen and oxygen atoms in total. The highest BCUT2D eigenvalue weighted by Crippen LogP contribution is 2.38. The van der Waals surface area contributed by atoms with E-state index in [0.717, 1.165) is 10.6 Å². The summed E-state index contributed by atoms with van der Waals surface area (Å²) in [5, 5.41) is 3.75. The Morgan fingerprint density at radius 3 is 2.23 bits per heavy atom. The fourth-order valence-corrected chi connectivity index (χ4v) is 7.02. The van der Waals surface area contributed by atoms with Gasteiger partial charge in [-0.1, -0.05) is 43.2 Å². The van der Waals surface area contributed by atoms with Crippen molar-refractivity contribution in [3.05, 3.63) is 54.6 Å². The summed E-state index contributed by atoms with van der Waals surface area (Å²) in [7, 11) is -3.49. The summed E-state index contributed by atoms with van der Waals surface area (Å²) < 4.78 is 27.1. The molecule has 4 rings (SSSR count). The Kier molecular flexibility index (Phi) is 6.80. The lowest BCUT2D eigenvalue weighted by molar-refractivity contribution is -0.120. The van der Waals surface area contributed by atoms with E-state index in [1.165, 1.54) is 30.0 Å². The van der Waals surface area contributed by atoms with Gasteiger partial charge in [0.15, 0.2) is 0 Å². The number of anilines is 1. The van der Waals surface area contributed by atoms with Gasteiger partial charge in [-0.2, -0.15) is 4.31 Å². The standard InChI is InChI=1S/C23H28N2O3S2/c26-23(24-21-12-6-7-13-22(21)29-19-8-4-5-9-19)18-14-16-25(17-15-18)30(27,28)20-10-2-1-3-11-20/h1-3,6-7,10-13,18-19H,4-5,8-9,14-17H2,(H,24,26). The highest BCUT2D eigenvalue weighted by Gasteiger charge is 2.32. The Hall–Kier alpha value is -1.83. The predicted octanol–water partition coefficient (Wildman–Crippen LogP) is 4.76. The summed E-state index contributed by atoms with van der Waals surface area (Å²) in [5.74, 6) is -0.178. The third kappa shape index (κ3) is 4.90. The van der Waals surface area contributed by atoms with Crippen LogP contribution in [-0.4, -0.2) is 37.0 Å². The van der Waals surface area contributed by atoms with Gasteiger partial charge in [0.05, 0.1) is 10.6 Å². The average molecular weight is 445 g/mol. The quantitative estimate of drug-likeness (QED) is 0.698. The van der Waals surface area contributed by atoms with Crippen LogP contribution >= 0.6 is 11.8 Å². The van der Waals surface area contributed by atoms with Crippen molar-refractivity contribution in [3.63, 3.8) is 0 Å². The number of rotatable bonds is 6. The van der Waals surface area contributed by atoms with Gasteiger partial charge in [-0.05, 0) is 49.9 Å². The highest BCUT2D eigenvalue weighted by molar-refractivity contribution is 8.00. The van der Waals surface area contributed by atoms with E-state index in [1.807, 2.05) is 30.0 Å². The van der Waals surface area contributed by atoms with Crippen molar-refractivity contribution in [2.75, 3.05) is 18.4 Å². The van der Waals surface area contributed by atoms with Gasteiger partial charge in [0.1, 0.15) is 0 Å². The molecule has 1 aliphatic carbocycles. The molecule has 2 aliphatic rings. The molecule has 1 amide bonds. The van der Waals surface area contributed by atoms with Gasteiger partial charge in [0.25, 0.3) is 0 Å². The largest absolute Gasteiger partial charge is 0.325 e. The fourth-order valence-electron chi connectivity index (χ4n) is 4.19. The van der Waals surface area contributed by atoms with Gasteiger partial charge >= 0.3 is 0 Å². The average Bonchev–Trinajstić information content (AvgIpc) is 3.29. The number of para-hydroxylation sites is 1. The number of carbonyl (C=O) groups excluding carboxylic acids is 1. The zero-order valence-electron chi connectivity index (χ0n) is 17.0. The van der Waals surface area contributed by atoms with Crippen molar-refractivity contribution in [1.29, 1.82) is 0 Å². The van der Waals surface area contributed by atoms with Crippen LogP contribution in [0.3, 0.4) is 0 Å². The van der Waals surface area contributed by atoms with Crippen molar-refractivity contribution < 1.29 is 13.2 Å². The topological polar surface area (TPSA) is 66.5 Å². The molecule has 2 aromatic carbocycles. The highest BCUT2D eigenvalue weighted by atomic mass is 32.2. The van der Waals surface area contributed by atoms with Gasteiger partial charge in [-0.3, -0.25) is 4.79 Å². The van der Waals surface area contributed by atoms with Crippen molar-refractivity contribution in [2.45, 2.75) is 53.6 Å². The first kappa shape index (κ1) is 21.4.